The van der Waals surface area contributed by atoms with E-state index < -0.39 is 0 Å². The maximum atomic E-state index is 3.62. The molecule has 0 aromatic heterocycles. The molecule has 4 fully saturated rings. The number of rotatable bonds is 4. The van der Waals surface area contributed by atoms with Crippen molar-refractivity contribution < 1.29 is 0 Å². The SMILES string of the molecule is CCc1ccc(Nc2cccc(C34CC5CC(CC3C5)C4)c2)cc1. The van der Waals surface area contributed by atoms with E-state index in [4.69, 9.17) is 0 Å². The van der Waals surface area contributed by atoms with Gasteiger partial charge in [-0.15, -0.1) is 0 Å². The lowest BCUT2D eigenvalue weighted by molar-refractivity contribution is 0.266. The largest absolute Gasteiger partial charge is 0.356 e. The third kappa shape index (κ3) is 2.21. The summed E-state index contributed by atoms with van der Waals surface area (Å²) in [4.78, 5) is 0. The van der Waals surface area contributed by atoms with Crippen molar-refractivity contribution in [2.75, 3.05) is 5.32 Å². The zero-order valence-electron chi connectivity index (χ0n) is 14.6. The lowest BCUT2D eigenvalue weighted by Gasteiger charge is -2.33. The number of anilines is 2. The highest BCUT2D eigenvalue weighted by Crippen LogP contribution is 2.66. The number of aryl methyl sites for hydroxylation is 1. The van der Waals surface area contributed by atoms with Crippen LogP contribution in [0.1, 0.15) is 50.2 Å². The average Bonchev–Trinajstić information content (AvgIpc) is 3.01. The Labute approximate surface area is 145 Å². The minimum absolute atomic E-state index is 0.511. The Hall–Kier alpha value is -1.76. The standard InChI is InChI=1S/C23H27N/c1-2-16-6-8-21(9-7-16)24-22-5-3-4-19(13-22)23-14-17-10-18(15-23)12-20(23)11-17/h3-9,13,17-18,20,24H,2,10-12,14-15H2,1H3. The molecule has 2 aromatic carbocycles. The van der Waals surface area contributed by atoms with Gasteiger partial charge in [0.2, 0.25) is 0 Å². The van der Waals surface area contributed by atoms with Crippen molar-refractivity contribution in [1.82, 2.24) is 0 Å². The summed E-state index contributed by atoms with van der Waals surface area (Å²) in [6, 6.07) is 18.2. The van der Waals surface area contributed by atoms with Gasteiger partial charge in [-0.2, -0.15) is 0 Å². The second-order valence-corrected chi connectivity index (χ2v) is 8.46. The van der Waals surface area contributed by atoms with Gasteiger partial charge in [0.15, 0.2) is 0 Å². The van der Waals surface area contributed by atoms with Crippen LogP contribution in [0.15, 0.2) is 48.5 Å². The molecule has 124 valence electrons. The Balaban J connectivity index is 1.42. The first kappa shape index (κ1) is 14.6. The van der Waals surface area contributed by atoms with Crippen LogP contribution in [0.5, 0.6) is 0 Å². The van der Waals surface area contributed by atoms with Crippen molar-refractivity contribution in [3.8, 4) is 0 Å². The van der Waals surface area contributed by atoms with Gasteiger partial charge in [-0.1, -0.05) is 31.2 Å². The molecule has 0 heterocycles. The molecule has 4 bridgehead atoms. The van der Waals surface area contributed by atoms with Crippen molar-refractivity contribution in [1.29, 1.82) is 0 Å². The Morgan fingerprint density at radius 1 is 0.917 bits per heavy atom. The molecule has 0 amide bonds. The van der Waals surface area contributed by atoms with Crippen LogP contribution in [0, 0.1) is 17.8 Å². The van der Waals surface area contributed by atoms with Crippen LogP contribution in [0.4, 0.5) is 11.4 Å². The molecular weight excluding hydrogens is 290 g/mol. The summed E-state index contributed by atoms with van der Waals surface area (Å²) in [6.45, 7) is 2.20. The van der Waals surface area contributed by atoms with Gasteiger partial charge >= 0.3 is 0 Å². The summed E-state index contributed by atoms with van der Waals surface area (Å²) in [6.07, 6.45) is 8.49. The predicted octanol–water partition coefficient (Wildman–Crippen LogP) is 6.07. The van der Waals surface area contributed by atoms with Crippen LogP contribution in [0.25, 0.3) is 0 Å². The highest BCUT2D eigenvalue weighted by atomic mass is 14.9. The van der Waals surface area contributed by atoms with Crippen LogP contribution < -0.4 is 5.32 Å². The van der Waals surface area contributed by atoms with E-state index in [0.29, 0.717) is 5.41 Å². The lowest BCUT2D eigenvalue weighted by atomic mass is 9.71. The van der Waals surface area contributed by atoms with Crippen LogP contribution in [0.3, 0.4) is 0 Å². The quantitative estimate of drug-likeness (QED) is 0.721. The maximum absolute atomic E-state index is 3.62. The van der Waals surface area contributed by atoms with Crippen molar-refractivity contribution in [2.45, 2.75) is 50.9 Å². The van der Waals surface area contributed by atoms with Crippen LogP contribution >= 0.6 is 0 Å². The lowest BCUT2D eigenvalue weighted by Crippen LogP contribution is -2.27. The fourth-order valence-corrected chi connectivity index (χ4v) is 6.16. The summed E-state index contributed by atoms with van der Waals surface area (Å²) in [5, 5.41) is 3.62. The second kappa shape index (κ2) is 5.37. The highest BCUT2D eigenvalue weighted by Gasteiger charge is 2.58. The molecule has 6 rings (SSSR count). The predicted molar refractivity (Wildman–Crippen MR) is 101 cm³/mol. The van der Waals surface area contributed by atoms with E-state index >= 15 is 0 Å². The van der Waals surface area contributed by atoms with Gasteiger partial charge in [-0.05, 0) is 97.1 Å². The molecule has 2 atom stereocenters. The van der Waals surface area contributed by atoms with Gasteiger partial charge < -0.3 is 5.32 Å². The molecule has 0 saturated heterocycles. The Bertz CT molecular complexity index is 731. The van der Waals surface area contributed by atoms with Crippen molar-refractivity contribution >= 4 is 11.4 Å². The van der Waals surface area contributed by atoms with E-state index in [1.165, 1.54) is 49.0 Å². The number of hydrogen-bond donors (Lipinski definition) is 1. The number of nitrogens with one attached hydrogen (secondary N) is 1. The van der Waals surface area contributed by atoms with E-state index in [2.05, 4.69) is 60.8 Å². The van der Waals surface area contributed by atoms with Crippen LogP contribution in [-0.4, -0.2) is 0 Å². The zero-order chi connectivity index (χ0) is 16.1. The smallest absolute Gasteiger partial charge is 0.0387 e. The van der Waals surface area contributed by atoms with E-state index in [1.54, 1.807) is 5.56 Å². The van der Waals surface area contributed by atoms with Gasteiger partial charge in [0.25, 0.3) is 0 Å². The van der Waals surface area contributed by atoms with Gasteiger partial charge in [0, 0.05) is 11.4 Å². The van der Waals surface area contributed by atoms with Gasteiger partial charge in [0.05, 0.1) is 0 Å². The molecule has 2 aromatic rings. The zero-order valence-corrected chi connectivity index (χ0v) is 14.6. The highest BCUT2D eigenvalue weighted by molar-refractivity contribution is 5.61. The Kier molecular flexibility index (Phi) is 3.26. The third-order valence-electron chi connectivity index (χ3n) is 7.08. The number of hydrogen-bond acceptors (Lipinski definition) is 1. The summed E-state index contributed by atoms with van der Waals surface area (Å²) >= 11 is 0. The van der Waals surface area contributed by atoms with Crippen molar-refractivity contribution in [3.63, 3.8) is 0 Å². The molecule has 0 aliphatic heterocycles. The molecule has 0 radical (unpaired) electrons. The average molecular weight is 317 g/mol. The minimum atomic E-state index is 0.511. The molecule has 4 aliphatic carbocycles. The molecular formula is C23H27N. The third-order valence-corrected chi connectivity index (χ3v) is 7.08. The first-order valence-corrected chi connectivity index (χ1v) is 9.72. The topological polar surface area (TPSA) is 12.0 Å². The summed E-state index contributed by atoms with van der Waals surface area (Å²) in [7, 11) is 0. The molecule has 4 saturated carbocycles. The molecule has 1 heteroatoms. The van der Waals surface area contributed by atoms with E-state index in [1.807, 2.05) is 0 Å². The second-order valence-electron chi connectivity index (χ2n) is 8.46. The Morgan fingerprint density at radius 2 is 1.67 bits per heavy atom. The number of benzene rings is 2. The monoisotopic (exact) mass is 317 g/mol. The summed E-state index contributed by atoms with van der Waals surface area (Å²) in [5.41, 5.74) is 5.95. The Morgan fingerprint density at radius 3 is 2.38 bits per heavy atom. The van der Waals surface area contributed by atoms with Crippen LogP contribution in [0.2, 0.25) is 0 Å². The fraction of sp³-hybridized carbons (Fsp3) is 0.478. The van der Waals surface area contributed by atoms with E-state index in [9.17, 15) is 0 Å². The first-order valence-electron chi connectivity index (χ1n) is 9.72. The molecule has 24 heavy (non-hydrogen) atoms. The van der Waals surface area contributed by atoms with E-state index in [-0.39, 0.29) is 0 Å². The molecule has 2 unspecified atom stereocenters. The summed E-state index contributed by atoms with van der Waals surface area (Å²) < 4.78 is 0. The summed E-state index contributed by atoms with van der Waals surface area (Å²) in [5.74, 6) is 2.99. The van der Waals surface area contributed by atoms with Crippen molar-refractivity contribution in [3.05, 3.63) is 59.7 Å². The van der Waals surface area contributed by atoms with Gasteiger partial charge in [0.1, 0.15) is 0 Å². The van der Waals surface area contributed by atoms with E-state index in [0.717, 1.165) is 24.2 Å². The minimum Gasteiger partial charge on any atom is -0.356 e. The van der Waals surface area contributed by atoms with Crippen LogP contribution in [-0.2, 0) is 11.8 Å². The van der Waals surface area contributed by atoms with Gasteiger partial charge in [-0.3, -0.25) is 0 Å². The molecule has 0 spiro atoms. The van der Waals surface area contributed by atoms with Gasteiger partial charge in [-0.25, -0.2) is 0 Å². The fourth-order valence-electron chi connectivity index (χ4n) is 6.16. The first-order chi connectivity index (χ1) is 11.7. The molecule has 1 nitrogen and oxygen atoms in total. The normalized spacial score (nSPS) is 33.1. The van der Waals surface area contributed by atoms with Crippen molar-refractivity contribution in [2.24, 2.45) is 17.8 Å². The molecule has 1 N–H and O–H groups in total. The molecule has 4 aliphatic rings. The maximum Gasteiger partial charge on any atom is 0.0387 e.